The molecule has 0 radical (unpaired) electrons. The summed E-state index contributed by atoms with van der Waals surface area (Å²) in [5.41, 5.74) is -2.50. The zero-order valence-corrected chi connectivity index (χ0v) is 28.6. The van der Waals surface area contributed by atoms with Gasteiger partial charge in [-0.1, -0.05) is 23.9 Å². The fourth-order valence-electron chi connectivity index (χ4n) is 3.85. The fourth-order valence-corrected chi connectivity index (χ4v) is 4.70. The predicted molar refractivity (Wildman–Crippen MR) is 113 cm³/mol. The standard InChI is InChI=1S/C20H20N6O9S.3Na.H/c1-25-19(22-23-24-25)36-8-10-7-35-18-20(34-2,17(33)26(18)13(10)16(31)32)21-14(28)12(15(29)30)9-3-5-11(27)6-4-9;;;;/h3-6,12,18,27H,7-8H2,1-2H3,(H,21,28)(H,29,30)(H,31,32);;;;/q;3*+1;-1/p-2/t12?,18-,20+;;;;/m1..../s1. The molecule has 1 fully saturated rings. The van der Waals surface area contributed by atoms with Gasteiger partial charge in [0.1, 0.15) is 11.7 Å². The zero-order valence-electron chi connectivity index (χ0n) is 22.7. The molecule has 2 aliphatic rings. The van der Waals surface area contributed by atoms with Crippen molar-refractivity contribution < 1.29 is 134 Å². The Morgan fingerprint density at radius 2 is 1.92 bits per heavy atom. The Labute approximate surface area is 293 Å². The Morgan fingerprint density at radius 1 is 1.28 bits per heavy atom. The number of amides is 2. The molecule has 2 N–H and O–H groups in total. The minimum absolute atomic E-state index is 0. The Hall–Kier alpha value is -1.02. The third-order valence-corrected chi connectivity index (χ3v) is 6.71. The van der Waals surface area contributed by atoms with E-state index in [4.69, 9.17) is 9.47 Å². The van der Waals surface area contributed by atoms with Crippen LogP contribution in [0.15, 0.2) is 40.7 Å². The van der Waals surface area contributed by atoms with Crippen LogP contribution in [0.2, 0.25) is 0 Å². The molecular formula is C20H19N6Na3O9S. The molecular weight excluding hydrogens is 569 g/mol. The number of phenolic OH excluding ortho intramolecular Hbond substituents is 1. The summed E-state index contributed by atoms with van der Waals surface area (Å²) in [6.45, 7) is -0.265. The number of tetrazole rings is 1. The first kappa shape index (κ1) is 36.0. The average molecular weight is 588 g/mol. The number of aryl methyl sites for hydroxylation is 1. The van der Waals surface area contributed by atoms with Crippen molar-refractivity contribution in [2.75, 3.05) is 19.5 Å². The van der Waals surface area contributed by atoms with Gasteiger partial charge in [0, 0.05) is 19.9 Å². The first-order valence-corrected chi connectivity index (χ1v) is 11.2. The molecule has 0 aliphatic carbocycles. The molecule has 3 heterocycles. The number of aromatic hydroxyl groups is 1. The van der Waals surface area contributed by atoms with Gasteiger partial charge in [-0.05, 0) is 33.7 Å². The van der Waals surface area contributed by atoms with Gasteiger partial charge < -0.3 is 41.1 Å². The van der Waals surface area contributed by atoms with Gasteiger partial charge in [-0.15, -0.1) is 5.10 Å². The van der Waals surface area contributed by atoms with Gasteiger partial charge in [-0.25, -0.2) is 4.68 Å². The molecule has 0 spiro atoms. The molecule has 0 saturated carbocycles. The smallest absolute Gasteiger partial charge is 1.00 e. The minimum atomic E-state index is -2.20. The monoisotopic (exact) mass is 588 g/mol. The first-order valence-electron chi connectivity index (χ1n) is 10.2. The van der Waals surface area contributed by atoms with Gasteiger partial charge in [0.2, 0.25) is 11.1 Å². The molecule has 15 nitrogen and oxygen atoms in total. The molecule has 19 heteroatoms. The van der Waals surface area contributed by atoms with E-state index < -0.39 is 47.3 Å². The molecule has 4 rings (SSSR count). The summed E-state index contributed by atoms with van der Waals surface area (Å²) in [7, 11) is 2.67. The van der Waals surface area contributed by atoms with E-state index in [1.165, 1.54) is 28.9 Å². The number of aromatic nitrogens is 4. The van der Waals surface area contributed by atoms with Crippen LogP contribution in [-0.2, 0) is 35.7 Å². The quantitative estimate of drug-likeness (QED) is 0.0917. The van der Waals surface area contributed by atoms with E-state index in [-0.39, 0.29) is 119 Å². The molecule has 192 valence electrons. The van der Waals surface area contributed by atoms with E-state index in [2.05, 4.69) is 20.8 Å². The number of carbonyl (C=O) groups excluding carboxylic acids is 4. The number of methoxy groups -OCH3 is 1. The maximum absolute atomic E-state index is 13.1. The van der Waals surface area contributed by atoms with Crippen molar-refractivity contribution in [1.82, 2.24) is 30.4 Å². The third-order valence-electron chi connectivity index (χ3n) is 5.62. The third kappa shape index (κ3) is 6.90. The van der Waals surface area contributed by atoms with Crippen molar-refractivity contribution in [2.24, 2.45) is 7.05 Å². The largest absolute Gasteiger partial charge is 1.00 e. The summed E-state index contributed by atoms with van der Waals surface area (Å²) in [6, 6.07) is 4.76. The number of benzene rings is 1. The van der Waals surface area contributed by atoms with Crippen LogP contribution < -0.4 is 104 Å². The van der Waals surface area contributed by atoms with E-state index in [0.717, 1.165) is 23.8 Å². The molecule has 2 amide bonds. The van der Waals surface area contributed by atoms with Crippen molar-refractivity contribution in [3.63, 3.8) is 0 Å². The molecule has 0 bridgehead atoms. The number of β-lactam (4-membered cyclic amide) rings is 1. The second-order valence-electron chi connectivity index (χ2n) is 7.72. The maximum atomic E-state index is 13.1. The molecule has 1 unspecified atom stereocenters. The Kier molecular flexibility index (Phi) is 13.6. The normalized spacial score (nSPS) is 20.3. The number of hydrogen-bond acceptors (Lipinski definition) is 13. The molecule has 1 aromatic carbocycles. The van der Waals surface area contributed by atoms with Gasteiger partial charge in [0.05, 0.1) is 24.2 Å². The number of fused-ring (bicyclic) bond motifs is 1. The first-order chi connectivity index (χ1) is 17.1. The SMILES string of the molecule is CO[C@@]1(NC(=O)C(C(=O)[O-])c2ccc(O)cc2)C(=O)N2C(C(=O)[O-])=C(CSc3nnnn3C)CO[C@@H]21.[H-].[Na+].[Na+].[Na+]. The van der Waals surface area contributed by atoms with Gasteiger partial charge in [0.25, 0.3) is 11.6 Å². The summed E-state index contributed by atoms with van der Waals surface area (Å²) < 4.78 is 12.3. The topological polar surface area (TPSA) is 212 Å². The van der Waals surface area contributed by atoms with E-state index in [9.17, 15) is 34.5 Å². The number of nitrogens with one attached hydrogen (secondary N) is 1. The Bertz CT molecular complexity index is 1280. The summed E-state index contributed by atoms with van der Waals surface area (Å²) >= 11 is 1.10. The number of carboxylic acid groups (broad SMARTS) is 2. The number of thioether (sulfide) groups is 1. The molecule has 3 atom stereocenters. The number of phenols is 1. The van der Waals surface area contributed by atoms with Gasteiger partial charge in [0.15, 0.2) is 6.23 Å². The van der Waals surface area contributed by atoms with Crippen LogP contribution in [-0.4, -0.2) is 85.4 Å². The fraction of sp³-hybridized carbons (Fsp3) is 0.350. The maximum Gasteiger partial charge on any atom is 1.00 e. The van der Waals surface area contributed by atoms with Crippen LogP contribution in [0.1, 0.15) is 12.9 Å². The van der Waals surface area contributed by atoms with Crippen molar-refractivity contribution in [3.8, 4) is 5.75 Å². The second-order valence-corrected chi connectivity index (χ2v) is 8.67. The van der Waals surface area contributed by atoms with Gasteiger partial charge in [-0.2, -0.15) is 0 Å². The summed E-state index contributed by atoms with van der Waals surface area (Å²) in [5, 5.41) is 46.7. The van der Waals surface area contributed by atoms with Crippen LogP contribution in [0.3, 0.4) is 0 Å². The molecule has 2 aromatic rings. The minimum Gasteiger partial charge on any atom is -1.00 e. The van der Waals surface area contributed by atoms with Crippen LogP contribution >= 0.6 is 11.8 Å². The van der Waals surface area contributed by atoms with Gasteiger partial charge in [-0.3, -0.25) is 14.5 Å². The molecule has 1 aromatic heterocycles. The van der Waals surface area contributed by atoms with Crippen LogP contribution in [0.4, 0.5) is 0 Å². The second kappa shape index (κ2) is 14.7. The number of nitrogens with zero attached hydrogens (tertiary/aromatic N) is 5. The number of carbonyl (C=O) groups is 4. The number of carboxylic acids is 2. The van der Waals surface area contributed by atoms with E-state index in [1.54, 1.807) is 7.05 Å². The number of aliphatic carboxylic acids is 2. The predicted octanol–water partition coefficient (Wildman–Crippen LogP) is -12.7. The van der Waals surface area contributed by atoms with E-state index in [1.807, 2.05) is 0 Å². The summed E-state index contributed by atoms with van der Waals surface area (Å²) in [4.78, 5) is 50.5. The van der Waals surface area contributed by atoms with Crippen LogP contribution in [0, 0.1) is 0 Å². The molecule has 39 heavy (non-hydrogen) atoms. The number of ether oxygens (including phenoxy) is 2. The number of rotatable bonds is 9. The molecule has 2 aliphatic heterocycles. The zero-order chi connectivity index (χ0) is 26.2. The van der Waals surface area contributed by atoms with Crippen molar-refractivity contribution >= 4 is 35.5 Å². The van der Waals surface area contributed by atoms with Crippen LogP contribution in [0.25, 0.3) is 0 Å². The Balaban J connectivity index is 0.00000380. The van der Waals surface area contributed by atoms with Crippen molar-refractivity contribution in [1.29, 1.82) is 0 Å². The van der Waals surface area contributed by atoms with Crippen molar-refractivity contribution in [3.05, 3.63) is 41.1 Å². The molecule has 1 saturated heterocycles. The summed E-state index contributed by atoms with van der Waals surface area (Å²) in [5.74, 6) is -7.58. The van der Waals surface area contributed by atoms with Crippen molar-refractivity contribution in [2.45, 2.75) is 23.0 Å². The number of hydrogen-bond donors (Lipinski definition) is 2. The summed E-state index contributed by atoms with van der Waals surface area (Å²) in [6.07, 6.45) is -1.42. The Morgan fingerprint density at radius 3 is 2.44 bits per heavy atom. The average Bonchev–Trinajstić information content (AvgIpc) is 3.25. The van der Waals surface area contributed by atoms with E-state index >= 15 is 0 Å². The van der Waals surface area contributed by atoms with Gasteiger partial charge >= 0.3 is 88.7 Å². The van der Waals surface area contributed by atoms with E-state index in [0.29, 0.717) is 5.16 Å². The van der Waals surface area contributed by atoms with Crippen LogP contribution in [0.5, 0.6) is 5.75 Å².